The quantitative estimate of drug-likeness (QED) is 0.791. The van der Waals surface area contributed by atoms with Crippen LogP contribution in [-0.2, 0) is 12.8 Å². The van der Waals surface area contributed by atoms with Crippen LogP contribution in [-0.4, -0.2) is 16.5 Å². The summed E-state index contributed by atoms with van der Waals surface area (Å²) in [6.07, 6.45) is 10.7. The Kier molecular flexibility index (Phi) is 2.77. The molecule has 2 aliphatic carbocycles. The number of aromatic nitrogens is 2. The molecule has 0 bridgehead atoms. The van der Waals surface area contributed by atoms with Crippen LogP contribution < -0.4 is 5.32 Å². The van der Waals surface area contributed by atoms with Crippen LogP contribution in [0, 0.1) is 5.92 Å². The average molecular weight is 217 g/mol. The third-order valence-corrected chi connectivity index (χ3v) is 3.63. The highest BCUT2D eigenvalue weighted by molar-refractivity contribution is 5.46. The van der Waals surface area contributed by atoms with Gasteiger partial charge in [-0.2, -0.15) is 0 Å². The lowest BCUT2D eigenvalue weighted by Crippen LogP contribution is -2.10. The summed E-state index contributed by atoms with van der Waals surface area (Å²) in [6.45, 7) is 1.10. The molecule has 0 radical (unpaired) electrons. The van der Waals surface area contributed by atoms with Crippen LogP contribution in [0.2, 0.25) is 0 Å². The van der Waals surface area contributed by atoms with Gasteiger partial charge in [0.2, 0.25) is 0 Å². The third kappa shape index (κ3) is 2.18. The van der Waals surface area contributed by atoms with Crippen molar-refractivity contribution in [3.63, 3.8) is 0 Å². The van der Waals surface area contributed by atoms with E-state index in [2.05, 4.69) is 15.3 Å². The highest BCUT2D eigenvalue weighted by Gasteiger charge is 2.22. The van der Waals surface area contributed by atoms with Gasteiger partial charge in [-0.1, -0.05) is 6.42 Å². The van der Waals surface area contributed by atoms with Crippen LogP contribution in [0.25, 0.3) is 0 Å². The Labute approximate surface area is 96.7 Å². The zero-order chi connectivity index (χ0) is 10.8. The molecule has 1 heterocycles. The van der Waals surface area contributed by atoms with Gasteiger partial charge in [-0.3, -0.25) is 0 Å². The number of hydrogen-bond donors (Lipinski definition) is 1. The van der Waals surface area contributed by atoms with E-state index < -0.39 is 0 Å². The maximum absolute atomic E-state index is 4.43. The summed E-state index contributed by atoms with van der Waals surface area (Å²) in [5.74, 6) is 2.01. The Hall–Kier alpha value is -1.12. The lowest BCUT2D eigenvalue weighted by atomic mass is 10.1. The van der Waals surface area contributed by atoms with Gasteiger partial charge in [-0.05, 0) is 44.4 Å². The number of nitrogens with zero attached hydrogens (tertiary/aromatic N) is 2. The largest absolute Gasteiger partial charge is 0.369 e. The van der Waals surface area contributed by atoms with Gasteiger partial charge in [0.1, 0.15) is 12.1 Å². The van der Waals surface area contributed by atoms with E-state index in [4.69, 9.17) is 0 Å². The first-order chi connectivity index (χ1) is 7.93. The lowest BCUT2D eigenvalue weighted by Gasteiger charge is -2.11. The fraction of sp³-hybridized carbons (Fsp3) is 0.692. The molecule has 0 aromatic carbocycles. The highest BCUT2D eigenvalue weighted by Crippen LogP contribution is 2.30. The Morgan fingerprint density at radius 1 is 1.12 bits per heavy atom. The summed E-state index contributed by atoms with van der Waals surface area (Å²) in [4.78, 5) is 8.84. The molecule has 0 unspecified atom stereocenters. The van der Waals surface area contributed by atoms with E-state index in [1.165, 1.54) is 43.4 Å². The van der Waals surface area contributed by atoms with E-state index in [1.54, 1.807) is 6.33 Å². The highest BCUT2D eigenvalue weighted by atomic mass is 15.0. The molecule has 1 aromatic heterocycles. The molecule has 0 atom stereocenters. The van der Waals surface area contributed by atoms with Crippen LogP contribution in [0.3, 0.4) is 0 Å². The van der Waals surface area contributed by atoms with Crippen molar-refractivity contribution >= 4 is 5.82 Å². The number of anilines is 1. The molecule has 1 aromatic rings. The van der Waals surface area contributed by atoms with Crippen molar-refractivity contribution in [3.8, 4) is 0 Å². The smallest absolute Gasteiger partial charge is 0.132 e. The topological polar surface area (TPSA) is 37.8 Å². The predicted octanol–water partition coefficient (Wildman–Crippen LogP) is 2.57. The predicted molar refractivity (Wildman–Crippen MR) is 64.5 cm³/mol. The van der Waals surface area contributed by atoms with Gasteiger partial charge >= 0.3 is 0 Å². The van der Waals surface area contributed by atoms with Gasteiger partial charge in [-0.25, -0.2) is 9.97 Å². The normalized spacial score (nSPS) is 20.0. The molecule has 0 amide bonds. The van der Waals surface area contributed by atoms with Gasteiger partial charge in [0.25, 0.3) is 0 Å². The fourth-order valence-electron chi connectivity index (χ4n) is 2.41. The van der Waals surface area contributed by atoms with Crippen LogP contribution in [0.1, 0.15) is 43.4 Å². The van der Waals surface area contributed by atoms with Crippen LogP contribution in [0.15, 0.2) is 6.33 Å². The molecule has 1 fully saturated rings. The summed E-state index contributed by atoms with van der Waals surface area (Å²) < 4.78 is 0. The van der Waals surface area contributed by atoms with Gasteiger partial charge in [0, 0.05) is 17.8 Å². The molecule has 0 spiro atoms. The van der Waals surface area contributed by atoms with Crippen molar-refractivity contribution in [2.45, 2.75) is 44.9 Å². The van der Waals surface area contributed by atoms with Crippen molar-refractivity contribution in [3.05, 3.63) is 17.6 Å². The second-order valence-corrected chi connectivity index (χ2v) is 5.03. The average Bonchev–Trinajstić information content (AvgIpc) is 3.13. The summed E-state index contributed by atoms with van der Waals surface area (Å²) in [5, 5.41) is 3.51. The van der Waals surface area contributed by atoms with Crippen LogP contribution in [0.5, 0.6) is 0 Å². The second kappa shape index (κ2) is 4.40. The zero-order valence-electron chi connectivity index (χ0n) is 9.71. The summed E-state index contributed by atoms with van der Waals surface area (Å²) in [6, 6.07) is 0. The second-order valence-electron chi connectivity index (χ2n) is 5.03. The zero-order valence-corrected chi connectivity index (χ0v) is 9.71. The standard InChI is InChI=1S/C13H19N3/c1-2-4-11-12(5-3-1)15-9-16-13(11)14-8-10-6-7-10/h9-10H,1-8H2,(H,14,15,16). The molecular weight excluding hydrogens is 198 g/mol. The Morgan fingerprint density at radius 2 is 2.00 bits per heavy atom. The molecule has 0 saturated heterocycles. The molecule has 2 aliphatic rings. The van der Waals surface area contributed by atoms with Gasteiger partial charge < -0.3 is 5.32 Å². The fourth-order valence-corrected chi connectivity index (χ4v) is 2.41. The Morgan fingerprint density at radius 3 is 2.88 bits per heavy atom. The van der Waals surface area contributed by atoms with Gasteiger partial charge in [0.05, 0.1) is 0 Å². The van der Waals surface area contributed by atoms with Crippen molar-refractivity contribution in [2.24, 2.45) is 5.92 Å². The molecular formula is C13H19N3. The monoisotopic (exact) mass is 217 g/mol. The van der Waals surface area contributed by atoms with Crippen molar-refractivity contribution in [2.75, 3.05) is 11.9 Å². The minimum absolute atomic E-state index is 0.899. The molecule has 1 saturated carbocycles. The van der Waals surface area contributed by atoms with E-state index in [1.807, 2.05) is 0 Å². The first-order valence-electron chi connectivity index (χ1n) is 6.50. The SMILES string of the molecule is c1nc2c(c(NCC3CC3)n1)CCCCC2. The number of fused-ring (bicyclic) bond motifs is 1. The summed E-state index contributed by atoms with van der Waals surface area (Å²) in [7, 11) is 0. The maximum Gasteiger partial charge on any atom is 0.132 e. The Balaban J connectivity index is 1.79. The van der Waals surface area contributed by atoms with E-state index in [-0.39, 0.29) is 0 Å². The molecule has 3 nitrogen and oxygen atoms in total. The molecule has 1 N–H and O–H groups in total. The van der Waals surface area contributed by atoms with Crippen LogP contribution >= 0.6 is 0 Å². The van der Waals surface area contributed by atoms with E-state index in [0.29, 0.717) is 0 Å². The van der Waals surface area contributed by atoms with E-state index in [0.717, 1.165) is 31.1 Å². The summed E-state index contributed by atoms with van der Waals surface area (Å²) >= 11 is 0. The molecule has 16 heavy (non-hydrogen) atoms. The van der Waals surface area contributed by atoms with Gasteiger partial charge in [0.15, 0.2) is 0 Å². The number of rotatable bonds is 3. The summed E-state index contributed by atoms with van der Waals surface area (Å²) in [5.41, 5.74) is 2.67. The third-order valence-electron chi connectivity index (χ3n) is 3.63. The van der Waals surface area contributed by atoms with E-state index >= 15 is 0 Å². The number of hydrogen-bond acceptors (Lipinski definition) is 3. The lowest BCUT2D eigenvalue weighted by molar-refractivity contribution is 0.708. The molecule has 0 aliphatic heterocycles. The van der Waals surface area contributed by atoms with Crippen molar-refractivity contribution in [1.82, 2.24) is 9.97 Å². The first kappa shape index (κ1) is 10.1. The number of aryl methyl sites for hydroxylation is 1. The molecule has 3 heteroatoms. The number of nitrogens with one attached hydrogen (secondary N) is 1. The molecule has 86 valence electrons. The van der Waals surface area contributed by atoms with Gasteiger partial charge in [-0.15, -0.1) is 0 Å². The molecule has 3 rings (SSSR count). The van der Waals surface area contributed by atoms with Crippen LogP contribution in [0.4, 0.5) is 5.82 Å². The Bertz CT molecular complexity index is 371. The van der Waals surface area contributed by atoms with Crippen molar-refractivity contribution < 1.29 is 0 Å². The first-order valence-corrected chi connectivity index (χ1v) is 6.50. The van der Waals surface area contributed by atoms with Crippen molar-refractivity contribution in [1.29, 1.82) is 0 Å². The minimum atomic E-state index is 0.899. The van der Waals surface area contributed by atoms with E-state index in [9.17, 15) is 0 Å². The minimum Gasteiger partial charge on any atom is -0.369 e. The maximum atomic E-state index is 4.43.